The number of nitrogens with zero attached hydrogens (tertiary/aromatic N) is 2. The highest BCUT2D eigenvalue weighted by molar-refractivity contribution is 5.96. The van der Waals surface area contributed by atoms with E-state index in [1.807, 2.05) is 91.0 Å². The number of aliphatic hydroxyl groups is 1. The van der Waals surface area contributed by atoms with Crippen LogP contribution in [0, 0.1) is 5.41 Å². The van der Waals surface area contributed by atoms with Crippen molar-refractivity contribution in [2.45, 2.75) is 80.9 Å². The number of esters is 1. The summed E-state index contributed by atoms with van der Waals surface area (Å²) in [7, 11) is 1.60. The molecule has 58 heavy (non-hydrogen) atoms. The third-order valence-corrected chi connectivity index (χ3v) is 12.5. The van der Waals surface area contributed by atoms with Gasteiger partial charge in [0.2, 0.25) is 11.8 Å². The number of carbonyl (C=O) groups excluding carboxylic acids is 3. The van der Waals surface area contributed by atoms with Crippen molar-refractivity contribution in [1.29, 1.82) is 0 Å². The average molecular weight is 786 g/mol. The van der Waals surface area contributed by atoms with Gasteiger partial charge in [0.25, 0.3) is 0 Å². The number of nitrogens with one attached hydrogen (secondary N) is 1. The zero-order valence-electron chi connectivity index (χ0n) is 32.2. The molecule has 2 bridgehead atoms. The Kier molecular flexibility index (Phi) is 10.1. The molecule has 300 valence electrons. The third-order valence-electron chi connectivity index (χ3n) is 12.5. The van der Waals surface area contributed by atoms with Crippen molar-refractivity contribution in [3.8, 4) is 5.75 Å². The molecule has 4 aromatic rings. The van der Waals surface area contributed by atoms with Crippen molar-refractivity contribution in [3.63, 3.8) is 0 Å². The minimum Gasteiger partial charge on any atom is -0.508 e. The van der Waals surface area contributed by atoms with Gasteiger partial charge in [-0.3, -0.25) is 19.2 Å². The van der Waals surface area contributed by atoms with Crippen LogP contribution in [-0.2, 0) is 65.7 Å². The van der Waals surface area contributed by atoms with Crippen molar-refractivity contribution in [3.05, 3.63) is 143 Å². The second kappa shape index (κ2) is 15.4. The van der Waals surface area contributed by atoms with Crippen LogP contribution in [0.15, 0.2) is 109 Å². The molecule has 3 saturated heterocycles. The van der Waals surface area contributed by atoms with Crippen LogP contribution < -0.4 is 5.32 Å². The molecule has 0 radical (unpaired) electrons. The second-order valence-corrected chi connectivity index (χ2v) is 16.0. The van der Waals surface area contributed by atoms with Gasteiger partial charge in [0.15, 0.2) is 11.8 Å². The summed E-state index contributed by atoms with van der Waals surface area (Å²) >= 11 is 0. The first kappa shape index (κ1) is 38.2. The van der Waals surface area contributed by atoms with Crippen LogP contribution in [0.25, 0.3) is 6.08 Å². The van der Waals surface area contributed by atoms with Gasteiger partial charge >= 0.3 is 5.97 Å². The lowest BCUT2D eigenvalue weighted by molar-refractivity contribution is -0.218. The van der Waals surface area contributed by atoms with Crippen LogP contribution in [0.3, 0.4) is 0 Å². The predicted molar refractivity (Wildman–Crippen MR) is 212 cm³/mol. The van der Waals surface area contributed by atoms with Crippen LogP contribution in [0.5, 0.6) is 5.75 Å². The lowest BCUT2D eigenvalue weighted by atomic mass is 9.62. The van der Waals surface area contributed by atoms with Crippen molar-refractivity contribution in [2.75, 3.05) is 20.2 Å². The van der Waals surface area contributed by atoms with Crippen molar-refractivity contribution in [1.82, 2.24) is 15.3 Å². The molecule has 4 fully saturated rings. The number of carbonyl (C=O) groups is 3. The molecule has 2 amide bonds. The number of phenolic OH excluding ortho intramolecular Hbond substituents is 1. The Labute approximate surface area is 336 Å². The van der Waals surface area contributed by atoms with E-state index in [0.29, 0.717) is 19.3 Å². The topological polar surface area (TPSA) is 147 Å². The first-order chi connectivity index (χ1) is 28.2. The van der Waals surface area contributed by atoms with Gasteiger partial charge in [-0.1, -0.05) is 109 Å². The fourth-order valence-corrected chi connectivity index (χ4v) is 9.75. The molecule has 3 heterocycles. The highest BCUT2D eigenvalue weighted by Gasteiger charge is 2.77. The molecule has 2 aliphatic carbocycles. The van der Waals surface area contributed by atoms with E-state index in [1.54, 1.807) is 24.2 Å². The average Bonchev–Trinajstić information content (AvgIpc) is 3.91. The van der Waals surface area contributed by atoms with Crippen LogP contribution in [0.1, 0.15) is 39.8 Å². The minimum atomic E-state index is -1.50. The molecule has 1 saturated carbocycles. The van der Waals surface area contributed by atoms with E-state index in [0.717, 1.165) is 33.4 Å². The molecule has 1 spiro atoms. The third kappa shape index (κ3) is 6.68. The highest BCUT2D eigenvalue weighted by Crippen LogP contribution is 2.59. The van der Waals surface area contributed by atoms with Gasteiger partial charge in [-0.2, -0.15) is 5.06 Å². The summed E-state index contributed by atoms with van der Waals surface area (Å²) in [5.41, 5.74) is 4.08. The largest absolute Gasteiger partial charge is 0.508 e. The van der Waals surface area contributed by atoms with Crippen molar-refractivity contribution >= 4 is 23.9 Å². The number of benzene rings is 4. The summed E-state index contributed by atoms with van der Waals surface area (Å²) in [6.45, 7) is -0.104. The standard InChI is InChI=1S/C46H47N3O9/c1-48(35(42(52)47-22-23-50)24-29-12-3-2-4-13-29)44(54)46-27-37-38-39(57-45(56-38)25-32-16-6-7-17-33(32)26-45)41(46)58-49(40(46)43(53)55-37)28-34-18-8-5-14-30(34)19-11-20-31-15-9-10-21-36(31)51/h2-19,21,35,37-41,50-51H,20,22-28H2,1H3,(H,47,52)/t35-,37-,38+,39+,40+,41-,46+/m1/s1. The maximum atomic E-state index is 15.5. The van der Waals surface area contributed by atoms with Gasteiger partial charge in [-0.25, -0.2) is 0 Å². The molecular weight excluding hydrogens is 739 g/mol. The van der Waals surface area contributed by atoms with E-state index in [1.165, 1.54) is 4.90 Å². The smallest absolute Gasteiger partial charge is 0.327 e. The van der Waals surface area contributed by atoms with Crippen LogP contribution in [-0.4, -0.2) is 100 Å². The van der Waals surface area contributed by atoms with E-state index in [-0.39, 0.29) is 38.3 Å². The number of ether oxygens (including phenoxy) is 3. The monoisotopic (exact) mass is 785 g/mol. The van der Waals surface area contributed by atoms with Crippen LogP contribution in [0.2, 0.25) is 0 Å². The minimum absolute atomic E-state index is 0.0214. The highest BCUT2D eigenvalue weighted by atomic mass is 16.8. The molecule has 5 aliphatic rings. The molecule has 12 nitrogen and oxygen atoms in total. The fourth-order valence-electron chi connectivity index (χ4n) is 9.75. The fraction of sp³-hybridized carbons (Fsp3) is 0.370. The SMILES string of the molecule is CN(C(=O)[C@@]12C[C@H]3OC(=O)[C@@H]1N(Cc1ccccc1C=CCc1ccccc1O)O[C@@H]2[C@H]1OC2(Cc4ccccc4C2)O[C@H]13)[C@H](Cc1ccccc1)C(=O)NCCO. The molecule has 0 aromatic heterocycles. The molecule has 3 aliphatic heterocycles. The lowest BCUT2D eigenvalue weighted by Crippen LogP contribution is -2.70. The first-order valence-electron chi connectivity index (χ1n) is 20.0. The number of phenols is 1. The van der Waals surface area contributed by atoms with Gasteiger partial charge in [0.05, 0.1) is 13.2 Å². The number of amides is 2. The maximum absolute atomic E-state index is 15.5. The van der Waals surface area contributed by atoms with Crippen molar-refractivity contribution in [2.24, 2.45) is 5.41 Å². The molecule has 4 aromatic carbocycles. The van der Waals surface area contributed by atoms with Gasteiger partial charge in [0.1, 0.15) is 41.6 Å². The van der Waals surface area contributed by atoms with Gasteiger partial charge in [-0.15, -0.1) is 0 Å². The molecular formula is C46H47N3O9. The summed E-state index contributed by atoms with van der Waals surface area (Å²) in [6.07, 6.45) is 2.57. The first-order valence-corrected chi connectivity index (χ1v) is 20.0. The number of aromatic hydroxyl groups is 1. The normalized spacial score (nSPS) is 26.9. The zero-order chi connectivity index (χ0) is 40.0. The number of aliphatic hydroxyl groups excluding tert-OH is 1. The zero-order valence-corrected chi connectivity index (χ0v) is 32.2. The number of likely N-dealkylation sites (N-methyl/N-ethyl adjacent to an activating group) is 1. The summed E-state index contributed by atoms with van der Waals surface area (Å²) in [6, 6.07) is 30.3. The van der Waals surface area contributed by atoms with Crippen LogP contribution >= 0.6 is 0 Å². The summed E-state index contributed by atoms with van der Waals surface area (Å²) in [5.74, 6) is -2.25. The van der Waals surface area contributed by atoms with Crippen molar-refractivity contribution < 1.29 is 43.6 Å². The van der Waals surface area contributed by atoms with E-state index in [2.05, 4.69) is 17.4 Å². The summed E-state index contributed by atoms with van der Waals surface area (Å²) < 4.78 is 20.0. The van der Waals surface area contributed by atoms with E-state index >= 15 is 4.79 Å². The van der Waals surface area contributed by atoms with Gasteiger partial charge in [-0.05, 0) is 45.9 Å². The van der Waals surface area contributed by atoms with E-state index < -0.39 is 65.5 Å². The Hall–Kier alpha value is -5.37. The second-order valence-electron chi connectivity index (χ2n) is 16.0. The molecule has 0 unspecified atom stereocenters. The Morgan fingerprint density at radius 2 is 1.59 bits per heavy atom. The molecule has 12 heteroatoms. The Morgan fingerprint density at radius 1 is 0.914 bits per heavy atom. The lowest BCUT2D eigenvalue weighted by Gasteiger charge is -2.50. The Morgan fingerprint density at radius 3 is 2.33 bits per heavy atom. The number of fused-ring (bicyclic) bond motifs is 5. The maximum Gasteiger partial charge on any atom is 0.327 e. The summed E-state index contributed by atoms with van der Waals surface area (Å²) in [4.78, 5) is 52.2. The number of hydrogen-bond acceptors (Lipinski definition) is 10. The number of hydrogen-bond donors (Lipinski definition) is 3. The quantitative estimate of drug-likeness (QED) is 0.181. The number of hydroxylamine groups is 2. The van der Waals surface area contributed by atoms with Crippen LogP contribution in [0.4, 0.5) is 0 Å². The molecule has 7 atom stereocenters. The molecule has 3 N–H and O–H groups in total. The number of para-hydroxylation sites is 1. The number of rotatable bonds is 12. The number of allylic oxidation sites excluding steroid dienone is 1. The molecule has 9 rings (SSSR count). The van der Waals surface area contributed by atoms with Gasteiger partial charge in [0, 0.05) is 39.3 Å². The Bertz CT molecular complexity index is 2210. The van der Waals surface area contributed by atoms with E-state index in [4.69, 9.17) is 19.0 Å². The predicted octanol–water partition coefficient (Wildman–Crippen LogP) is 3.91. The Balaban J connectivity index is 1.08. The van der Waals surface area contributed by atoms with Gasteiger partial charge < -0.3 is 34.6 Å². The van der Waals surface area contributed by atoms with E-state index in [9.17, 15) is 19.8 Å². The summed E-state index contributed by atoms with van der Waals surface area (Å²) in [5, 5.41) is 24.2.